The van der Waals surface area contributed by atoms with Gasteiger partial charge in [0.2, 0.25) is 0 Å². The topological polar surface area (TPSA) is 158 Å². The fraction of sp³-hybridized carbons (Fsp3) is 0.0857. The summed E-state index contributed by atoms with van der Waals surface area (Å²) in [6, 6.07) is 64.8. The molecule has 0 saturated carbocycles. The quantitative estimate of drug-likeness (QED) is 0.0347. The molecule has 0 aliphatic carbocycles. The van der Waals surface area contributed by atoms with Crippen LogP contribution in [0.25, 0.3) is 43.1 Å². The summed E-state index contributed by atoms with van der Waals surface area (Å²) in [6.07, 6.45) is 0. The van der Waals surface area contributed by atoms with E-state index in [-0.39, 0.29) is 72.7 Å². The van der Waals surface area contributed by atoms with Gasteiger partial charge >= 0.3 is 35.8 Å². The molecule has 84 heavy (non-hydrogen) atoms. The molecular formula is C70H48I2O12. The lowest BCUT2D eigenvalue weighted by molar-refractivity contribution is 0.0392. The zero-order valence-electron chi connectivity index (χ0n) is 44.7. The lowest BCUT2D eigenvalue weighted by Gasteiger charge is -2.21. The molecular weight excluding hydrogens is 1290 g/mol. The van der Waals surface area contributed by atoms with Crippen molar-refractivity contribution in [2.75, 3.05) is 0 Å². The normalized spacial score (nSPS) is 11.1. The first-order valence-corrected chi connectivity index (χ1v) is 28.8. The first-order chi connectivity index (χ1) is 41.0. The molecule has 0 atom stereocenters. The van der Waals surface area contributed by atoms with Gasteiger partial charge in [0.1, 0.15) is 39.6 Å². The van der Waals surface area contributed by atoms with Gasteiger partial charge in [0, 0.05) is 7.14 Å². The zero-order chi connectivity index (χ0) is 58.1. The first-order valence-electron chi connectivity index (χ1n) is 26.6. The fourth-order valence-electron chi connectivity index (χ4n) is 9.91. The molecule has 0 aromatic heterocycles. The predicted molar refractivity (Wildman–Crippen MR) is 335 cm³/mol. The summed E-state index contributed by atoms with van der Waals surface area (Å²) in [5.41, 5.74) is 2.65. The number of halogens is 2. The Morgan fingerprint density at radius 1 is 0.238 bits per heavy atom. The van der Waals surface area contributed by atoms with Gasteiger partial charge in [0.25, 0.3) is 0 Å². The Morgan fingerprint density at radius 3 is 0.631 bits per heavy atom. The van der Waals surface area contributed by atoms with Gasteiger partial charge in [-0.25, -0.2) is 28.8 Å². The van der Waals surface area contributed by atoms with Crippen molar-refractivity contribution < 1.29 is 57.2 Å². The van der Waals surface area contributed by atoms with Crippen molar-refractivity contribution in [1.29, 1.82) is 0 Å². The van der Waals surface area contributed by atoms with Crippen molar-refractivity contribution in [2.45, 2.75) is 39.6 Å². The van der Waals surface area contributed by atoms with E-state index in [1.165, 1.54) is 0 Å². The molecule has 0 spiro atoms. The van der Waals surface area contributed by atoms with Crippen LogP contribution in [0, 0.1) is 7.14 Å². The highest BCUT2D eigenvalue weighted by Gasteiger charge is 2.37. The highest BCUT2D eigenvalue weighted by atomic mass is 127. The number of esters is 6. The summed E-state index contributed by atoms with van der Waals surface area (Å²) in [5.74, 6) is -5.46. The van der Waals surface area contributed by atoms with E-state index < -0.39 is 46.9 Å². The van der Waals surface area contributed by atoms with Crippen LogP contribution in [-0.2, 0) is 68.1 Å². The highest BCUT2D eigenvalue weighted by Crippen LogP contribution is 2.41. The molecule has 0 aliphatic heterocycles. The molecule has 0 amide bonds. The Morgan fingerprint density at radius 2 is 0.417 bits per heavy atom. The maximum Gasteiger partial charge on any atom is 0.340 e. The van der Waals surface area contributed by atoms with Crippen LogP contribution in [0.4, 0.5) is 0 Å². The molecule has 0 aliphatic rings. The van der Waals surface area contributed by atoms with Crippen molar-refractivity contribution in [2.24, 2.45) is 0 Å². The van der Waals surface area contributed by atoms with Crippen LogP contribution in [-0.4, -0.2) is 35.8 Å². The van der Waals surface area contributed by atoms with Crippen LogP contribution in [0.3, 0.4) is 0 Å². The molecule has 414 valence electrons. The average molecular weight is 1330 g/mol. The van der Waals surface area contributed by atoms with Gasteiger partial charge in [0.15, 0.2) is 0 Å². The maximum atomic E-state index is 15.2. The van der Waals surface area contributed by atoms with E-state index in [9.17, 15) is 9.59 Å². The van der Waals surface area contributed by atoms with Crippen molar-refractivity contribution in [1.82, 2.24) is 0 Å². The highest BCUT2D eigenvalue weighted by molar-refractivity contribution is 14.1. The minimum Gasteiger partial charge on any atom is -0.457 e. The van der Waals surface area contributed by atoms with Crippen LogP contribution < -0.4 is 0 Å². The summed E-state index contributed by atoms with van der Waals surface area (Å²) >= 11 is 4.14. The lowest BCUT2D eigenvalue weighted by Crippen LogP contribution is -2.24. The third-order valence-corrected chi connectivity index (χ3v) is 17.2. The Hall–Kier alpha value is -9.26. The number of ether oxygens (including phenoxy) is 6. The summed E-state index contributed by atoms with van der Waals surface area (Å²) < 4.78 is 37.0. The minimum atomic E-state index is -1.12. The molecule has 11 rings (SSSR count). The maximum absolute atomic E-state index is 15.2. The second kappa shape index (κ2) is 25.9. The number of benzene rings is 11. The Labute approximate surface area is 509 Å². The zero-order valence-corrected chi connectivity index (χ0v) is 49.0. The minimum absolute atomic E-state index is 0.00780. The van der Waals surface area contributed by atoms with Crippen LogP contribution >= 0.6 is 45.2 Å². The van der Waals surface area contributed by atoms with Crippen LogP contribution in [0.1, 0.15) is 95.5 Å². The summed E-state index contributed by atoms with van der Waals surface area (Å²) in [5, 5.41) is 3.15. The van der Waals surface area contributed by atoms with Gasteiger partial charge in [-0.05, 0) is 158 Å². The smallest absolute Gasteiger partial charge is 0.340 e. The van der Waals surface area contributed by atoms with Gasteiger partial charge in [-0.1, -0.05) is 182 Å². The van der Waals surface area contributed by atoms with E-state index in [2.05, 4.69) is 45.2 Å². The fourth-order valence-corrected chi connectivity index (χ4v) is 11.5. The number of hydrogen-bond donors (Lipinski definition) is 0. The second-order valence-corrected chi connectivity index (χ2v) is 21.7. The van der Waals surface area contributed by atoms with Gasteiger partial charge < -0.3 is 28.4 Å². The number of rotatable bonds is 18. The number of fused-ring (bicyclic) bond motifs is 4. The first kappa shape index (κ1) is 56.6. The van der Waals surface area contributed by atoms with E-state index in [1.54, 1.807) is 121 Å². The molecule has 0 bridgehead atoms. The third-order valence-electron chi connectivity index (χ3n) is 14.0. The Kier molecular flexibility index (Phi) is 17.4. The Bertz CT molecular complexity index is 4040. The van der Waals surface area contributed by atoms with Crippen LogP contribution in [0.5, 0.6) is 0 Å². The number of carbonyl (C=O) groups is 6. The van der Waals surface area contributed by atoms with E-state index in [1.807, 2.05) is 97.1 Å². The monoisotopic (exact) mass is 1330 g/mol. The van der Waals surface area contributed by atoms with Gasteiger partial charge in [-0.15, -0.1) is 0 Å². The SMILES string of the molecule is O=C(OCc1ccccc1)c1c(C(=O)OCc2ccccc2)c(C(=O)OCc2ccccc2)c2cc3cc4cc5c(C(=O)OCc6ccccc6)c(I)c(I)c(C(=O)OCc6ccccc6)c5cc4cc3cc2c1C(=O)OCc1ccccc1. The second-order valence-electron chi connectivity index (χ2n) is 19.6. The van der Waals surface area contributed by atoms with Gasteiger partial charge in [-0.3, -0.25) is 0 Å². The van der Waals surface area contributed by atoms with E-state index in [0.717, 1.165) is 11.1 Å². The average Bonchev–Trinajstić information content (AvgIpc) is 1.18. The largest absolute Gasteiger partial charge is 0.457 e. The van der Waals surface area contributed by atoms with Crippen molar-refractivity contribution in [3.63, 3.8) is 0 Å². The molecule has 0 heterocycles. The van der Waals surface area contributed by atoms with Gasteiger partial charge in [-0.2, -0.15) is 0 Å². The van der Waals surface area contributed by atoms with Gasteiger partial charge in [0.05, 0.1) is 33.4 Å². The van der Waals surface area contributed by atoms with Crippen molar-refractivity contribution in [3.8, 4) is 0 Å². The Balaban J connectivity index is 1.16. The van der Waals surface area contributed by atoms with Crippen LogP contribution in [0.15, 0.2) is 218 Å². The molecule has 0 N–H and O–H groups in total. The third kappa shape index (κ3) is 12.5. The van der Waals surface area contributed by atoms with Crippen molar-refractivity contribution in [3.05, 3.63) is 292 Å². The predicted octanol–water partition coefficient (Wildman–Crippen LogP) is 15.7. The van der Waals surface area contributed by atoms with Crippen molar-refractivity contribution >= 4 is 124 Å². The van der Waals surface area contributed by atoms with E-state index in [0.29, 0.717) is 61.7 Å². The molecule has 14 heteroatoms. The van der Waals surface area contributed by atoms with Crippen LogP contribution in [0.2, 0.25) is 0 Å². The molecule has 12 nitrogen and oxygen atoms in total. The molecule has 11 aromatic carbocycles. The standard InChI is InChI=1S/C70H48I2O12/c71-63-59(67(75)81-39-45-23-11-3-12-24-45)55-35-51-31-49-33-53-54(34-50(49)32-52(51)36-56(55)60(64(63)72)68(76)82-40-46-25-13-4-14-26-46)58(66(74)80-38-44-21-9-2-10-22-44)62(70(78)84-42-48-29-17-6-18-30-48)61(69(77)83-41-47-27-15-5-16-28-47)57(53)65(73)79-37-43-19-7-1-8-20-43/h1-36H,37-42H2. The molecule has 0 fully saturated rings. The molecule has 11 aromatic rings. The summed E-state index contributed by atoms with van der Waals surface area (Å²) in [7, 11) is 0. The van der Waals surface area contributed by atoms with E-state index >= 15 is 19.2 Å². The number of carbonyl (C=O) groups excluding carboxylic acids is 6. The summed E-state index contributed by atoms with van der Waals surface area (Å²) in [6.45, 7) is -1.01. The van der Waals surface area contributed by atoms with E-state index in [4.69, 9.17) is 28.4 Å². The molecule has 0 saturated heterocycles. The number of hydrogen-bond acceptors (Lipinski definition) is 12. The summed E-state index contributed by atoms with van der Waals surface area (Å²) in [4.78, 5) is 89.7. The molecule has 0 radical (unpaired) electrons. The molecule has 0 unspecified atom stereocenters. The lowest BCUT2D eigenvalue weighted by atomic mass is 9.86.